The van der Waals surface area contributed by atoms with Crippen LogP contribution in [-0.2, 0) is 0 Å². The van der Waals surface area contributed by atoms with Gasteiger partial charge in [0.1, 0.15) is 5.82 Å². The van der Waals surface area contributed by atoms with Crippen molar-refractivity contribution in [2.24, 2.45) is 0 Å². The second-order valence-corrected chi connectivity index (χ2v) is 5.30. The van der Waals surface area contributed by atoms with E-state index in [9.17, 15) is 4.39 Å². The third kappa shape index (κ3) is 4.27. The Bertz CT molecular complexity index is 373. The van der Waals surface area contributed by atoms with E-state index >= 15 is 0 Å². The van der Waals surface area contributed by atoms with Gasteiger partial charge in [0.25, 0.3) is 0 Å². The molecule has 1 aliphatic rings. The number of hydrogen-bond donors (Lipinski definition) is 1. The van der Waals surface area contributed by atoms with E-state index in [1.54, 1.807) is 0 Å². The molecule has 0 aliphatic carbocycles. The van der Waals surface area contributed by atoms with Gasteiger partial charge in [-0.1, -0.05) is 12.1 Å². The van der Waals surface area contributed by atoms with Gasteiger partial charge in [0.05, 0.1) is 0 Å². The minimum absolute atomic E-state index is 0.167. The van der Waals surface area contributed by atoms with Crippen LogP contribution in [0.25, 0.3) is 0 Å². The molecule has 1 aromatic carbocycles. The Labute approximate surface area is 115 Å². The van der Waals surface area contributed by atoms with Crippen LogP contribution in [0.2, 0.25) is 0 Å². The molecule has 1 aromatic rings. The van der Waals surface area contributed by atoms with Crippen LogP contribution in [0.3, 0.4) is 0 Å². The number of rotatable bonds is 5. The summed E-state index contributed by atoms with van der Waals surface area (Å²) in [5.74, 6) is -0.167. The first-order valence-corrected chi connectivity index (χ1v) is 7.05. The quantitative estimate of drug-likeness (QED) is 0.874. The summed E-state index contributed by atoms with van der Waals surface area (Å²) in [5, 5.41) is 3.37. The molecule has 1 saturated heterocycles. The molecule has 1 atom stereocenters. The summed E-state index contributed by atoms with van der Waals surface area (Å²) in [6.07, 6.45) is 0. The van der Waals surface area contributed by atoms with Gasteiger partial charge in [0, 0.05) is 45.3 Å². The van der Waals surface area contributed by atoms with Crippen LogP contribution in [0.4, 0.5) is 4.39 Å². The van der Waals surface area contributed by atoms with Gasteiger partial charge in [0.15, 0.2) is 0 Å². The van der Waals surface area contributed by atoms with E-state index in [0.717, 1.165) is 39.3 Å². The molecule has 1 fully saturated rings. The van der Waals surface area contributed by atoms with Crippen molar-refractivity contribution in [3.8, 4) is 0 Å². The number of benzene rings is 1. The highest BCUT2D eigenvalue weighted by Crippen LogP contribution is 2.18. The molecule has 106 valence electrons. The third-order valence-corrected chi connectivity index (χ3v) is 3.99. The zero-order valence-corrected chi connectivity index (χ0v) is 11.9. The average molecular weight is 265 g/mol. The van der Waals surface area contributed by atoms with Gasteiger partial charge < -0.3 is 5.32 Å². The molecule has 1 unspecified atom stereocenters. The molecule has 0 radical (unpaired) electrons. The highest BCUT2D eigenvalue weighted by Gasteiger charge is 2.14. The van der Waals surface area contributed by atoms with Crippen LogP contribution < -0.4 is 5.32 Å². The zero-order valence-electron chi connectivity index (χ0n) is 11.9. The Morgan fingerprint density at radius 3 is 2.53 bits per heavy atom. The lowest BCUT2D eigenvalue weighted by Crippen LogP contribution is -2.46. The van der Waals surface area contributed by atoms with Gasteiger partial charge in [-0.2, -0.15) is 0 Å². The van der Waals surface area contributed by atoms with E-state index < -0.39 is 0 Å². The number of likely N-dealkylation sites (N-methyl/N-ethyl adjacent to an activating group) is 1. The third-order valence-electron chi connectivity index (χ3n) is 3.99. The average Bonchev–Trinajstić information content (AvgIpc) is 2.46. The molecule has 4 heteroatoms. The first kappa shape index (κ1) is 14.4. The van der Waals surface area contributed by atoms with Crippen LogP contribution in [-0.4, -0.2) is 56.1 Å². The molecule has 3 nitrogen and oxygen atoms in total. The predicted octanol–water partition coefficient (Wildman–Crippen LogP) is 1.72. The van der Waals surface area contributed by atoms with Crippen LogP contribution in [0.5, 0.6) is 0 Å². The van der Waals surface area contributed by atoms with E-state index in [-0.39, 0.29) is 5.82 Å². The monoisotopic (exact) mass is 265 g/mol. The van der Waals surface area contributed by atoms with E-state index in [4.69, 9.17) is 0 Å². The molecule has 1 aliphatic heterocycles. The van der Waals surface area contributed by atoms with Crippen molar-refractivity contribution in [3.63, 3.8) is 0 Å². The second-order valence-electron chi connectivity index (χ2n) is 5.30. The molecule has 1 heterocycles. The van der Waals surface area contributed by atoms with Crippen LogP contribution >= 0.6 is 0 Å². The van der Waals surface area contributed by atoms with E-state index in [0.29, 0.717) is 6.04 Å². The van der Waals surface area contributed by atoms with Crippen LogP contribution in [0.15, 0.2) is 24.3 Å². The fourth-order valence-corrected chi connectivity index (χ4v) is 2.42. The van der Waals surface area contributed by atoms with Crippen molar-refractivity contribution in [2.45, 2.75) is 13.0 Å². The Morgan fingerprint density at radius 1 is 1.26 bits per heavy atom. The molecule has 0 saturated carbocycles. The second kappa shape index (κ2) is 6.98. The van der Waals surface area contributed by atoms with E-state index in [2.05, 4.69) is 29.1 Å². The minimum Gasteiger partial charge on any atom is -0.314 e. The Morgan fingerprint density at radius 2 is 1.89 bits per heavy atom. The largest absolute Gasteiger partial charge is 0.314 e. The smallest absolute Gasteiger partial charge is 0.123 e. The summed E-state index contributed by atoms with van der Waals surface area (Å²) >= 11 is 0. The molecule has 2 rings (SSSR count). The van der Waals surface area contributed by atoms with Crippen molar-refractivity contribution < 1.29 is 4.39 Å². The SMILES string of the molecule is CC(c1ccc(F)cc1)N(C)CCN1CCNCC1. The predicted molar refractivity (Wildman–Crippen MR) is 76.8 cm³/mol. The Balaban J connectivity index is 1.81. The molecule has 0 aromatic heterocycles. The van der Waals surface area contributed by atoms with Gasteiger partial charge >= 0.3 is 0 Å². The number of nitrogens with zero attached hydrogens (tertiary/aromatic N) is 2. The molecular weight excluding hydrogens is 241 g/mol. The maximum Gasteiger partial charge on any atom is 0.123 e. The summed E-state index contributed by atoms with van der Waals surface area (Å²) < 4.78 is 12.9. The van der Waals surface area contributed by atoms with Crippen molar-refractivity contribution in [3.05, 3.63) is 35.6 Å². The van der Waals surface area contributed by atoms with E-state index in [1.807, 2.05) is 12.1 Å². The first-order chi connectivity index (χ1) is 9.16. The Kier molecular flexibility index (Phi) is 5.31. The molecular formula is C15H24FN3. The highest BCUT2D eigenvalue weighted by molar-refractivity contribution is 5.19. The molecule has 19 heavy (non-hydrogen) atoms. The van der Waals surface area contributed by atoms with Gasteiger partial charge in [-0.15, -0.1) is 0 Å². The Hall–Kier alpha value is -0.970. The summed E-state index contributed by atoms with van der Waals surface area (Å²) in [4.78, 5) is 4.82. The number of nitrogens with one attached hydrogen (secondary N) is 1. The van der Waals surface area contributed by atoms with Crippen LogP contribution in [0, 0.1) is 5.82 Å². The summed E-state index contributed by atoms with van der Waals surface area (Å²) in [7, 11) is 2.14. The fraction of sp³-hybridized carbons (Fsp3) is 0.600. The van der Waals surface area contributed by atoms with Crippen molar-refractivity contribution in [2.75, 3.05) is 46.3 Å². The van der Waals surface area contributed by atoms with Gasteiger partial charge in [-0.25, -0.2) is 4.39 Å². The summed E-state index contributed by atoms with van der Waals surface area (Å²) in [5.41, 5.74) is 1.17. The van der Waals surface area contributed by atoms with Gasteiger partial charge in [-0.3, -0.25) is 9.80 Å². The lowest BCUT2D eigenvalue weighted by molar-refractivity contribution is 0.183. The van der Waals surface area contributed by atoms with Gasteiger partial charge in [-0.05, 0) is 31.7 Å². The maximum absolute atomic E-state index is 12.9. The lowest BCUT2D eigenvalue weighted by atomic mass is 10.1. The molecule has 0 bridgehead atoms. The first-order valence-electron chi connectivity index (χ1n) is 7.05. The minimum atomic E-state index is -0.167. The molecule has 0 amide bonds. The van der Waals surface area contributed by atoms with E-state index in [1.165, 1.54) is 17.7 Å². The maximum atomic E-state index is 12.9. The number of halogens is 1. The summed E-state index contributed by atoms with van der Waals surface area (Å²) in [6.45, 7) is 8.78. The molecule has 0 spiro atoms. The molecule has 1 N–H and O–H groups in total. The highest BCUT2D eigenvalue weighted by atomic mass is 19.1. The van der Waals surface area contributed by atoms with Crippen LogP contribution in [0.1, 0.15) is 18.5 Å². The zero-order chi connectivity index (χ0) is 13.7. The number of hydrogen-bond acceptors (Lipinski definition) is 3. The summed E-state index contributed by atoms with van der Waals surface area (Å²) in [6, 6.07) is 7.15. The lowest BCUT2D eigenvalue weighted by Gasteiger charge is -2.31. The van der Waals surface area contributed by atoms with Gasteiger partial charge in [0.2, 0.25) is 0 Å². The van der Waals surface area contributed by atoms with Crippen molar-refractivity contribution >= 4 is 0 Å². The normalized spacial score (nSPS) is 18.7. The number of piperazine rings is 1. The topological polar surface area (TPSA) is 18.5 Å². The van der Waals surface area contributed by atoms with Crippen molar-refractivity contribution in [1.82, 2.24) is 15.1 Å². The fourth-order valence-electron chi connectivity index (χ4n) is 2.42. The van der Waals surface area contributed by atoms with Crippen molar-refractivity contribution in [1.29, 1.82) is 0 Å². The standard InChI is InChI=1S/C15H24FN3/c1-13(14-3-5-15(16)6-4-14)18(2)11-12-19-9-7-17-8-10-19/h3-6,13,17H,7-12H2,1-2H3.